The second kappa shape index (κ2) is 6.63. The van der Waals surface area contributed by atoms with E-state index in [2.05, 4.69) is 10.3 Å². The van der Waals surface area contributed by atoms with Gasteiger partial charge in [0.05, 0.1) is 15.6 Å². The highest BCUT2D eigenvalue weighted by Crippen LogP contribution is 2.31. The maximum Gasteiger partial charge on any atom is 0.264 e. The van der Waals surface area contributed by atoms with Gasteiger partial charge in [0, 0.05) is 29.7 Å². The maximum absolute atomic E-state index is 13.2. The number of fused-ring (bicyclic) bond motifs is 1. The molecule has 26 heavy (non-hydrogen) atoms. The normalized spacial score (nSPS) is 17.4. The molecule has 130 valence electrons. The summed E-state index contributed by atoms with van der Waals surface area (Å²) in [6, 6.07) is 12.2. The summed E-state index contributed by atoms with van der Waals surface area (Å²) in [7, 11) is 1.97. The van der Waals surface area contributed by atoms with Crippen molar-refractivity contribution in [3.8, 4) is 0 Å². The van der Waals surface area contributed by atoms with Crippen molar-refractivity contribution in [2.75, 3.05) is 0 Å². The Labute approximate surface area is 158 Å². The van der Waals surface area contributed by atoms with Crippen molar-refractivity contribution in [1.82, 2.24) is 9.88 Å². The number of aliphatic imine (C=N–C) groups is 1. The first-order valence-electron chi connectivity index (χ1n) is 7.80. The zero-order valence-corrected chi connectivity index (χ0v) is 15.2. The quantitative estimate of drug-likeness (QED) is 0.640. The van der Waals surface area contributed by atoms with Crippen LogP contribution in [0.15, 0.2) is 58.6 Å². The number of nitrogens with one attached hydrogen (secondary N) is 1. The van der Waals surface area contributed by atoms with Gasteiger partial charge >= 0.3 is 0 Å². The first kappa shape index (κ1) is 16.9. The topological polar surface area (TPSA) is 46.4 Å². The van der Waals surface area contributed by atoms with E-state index in [9.17, 15) is 9.18 Å². The summed E-state index contributed by atoms with van der Waals surface area (Å²) < 4.78 is 15.3. The third-order valence-electron chi connectivity index (χ3n) is 4.00. The number of thioether (sulfide) groups is 1. The summed E-state index contributed by atoms with van der Waals surface area (Å²) in [5.74, 6) is -0.717. The van der Waals surface area contributed by atoms with Crippen LogP contribution in [0.3, 0.4) is 0 Å². The molecule has 1 N–H and O–H groups in total. The molecule has 4 rings (SSSR count). The van der Waals surface area contributed by atoms with Gasteiger partial charge in [-0.2, -0.15) is 0 Å². The van der Waals surface area contributed by atoms with E-state index in [0.717, 1.165) is 16.5 Å². The minimum absolute atomic E-state index is 0.00676. The number of aromatic nitrogens is 1. The minimum Gasteiger partial charge on any atom is -0.350 e. The molecule has 0 bridgehead atoms. The lowest BCUT2D eigenvalue weighted by Gasteiger charge is -1.98. The van der Waals surface area contributed by atoms with Gasteiger partial charge in [0.15, 0.2) is 5.17 Å². The van der Waals surface area contributed by atoms with Crippen LogP contribution in [0.4, 0.5) is 10.1 Å². The number of halogens is 2. The predicted molar refractivity (Wildman–Crippen MR) is 105 cm³/mol. The molecule has 0 radical (unpaired) electrons. The smallest absolute Gasteiger partial charge is 0.264 e. The predicted octanol–water partition coefficient (Wildman–Crippen LogP) is 4.86. The molecule has 0 aliphatic carbocycles. The Morgan fingerprint density at radius 3 is 2.88 bits per heavy atom. The minimum atomic E-state index is -0.504. The summed E-state index contributed by atoms with van der Waals surface area (Å²) in [5, 5.41) is 4.23. The fourth-order valence-corrected chi connectivity index (χ4v) is 3.79. The summed E-state index contributed by atoms with van der Waals surface area (Å²) in [4.78, 5) is 17.1. The Morgan fingerprint density at radius 2 is 2.08 bits per heavy atom. The largest absolute Gasteiger partial charge is 0.350 e. The van der Waals surface area contributed by atoms with Crippen molar-refractivity contribution in [3.63, 3.8) is 0 Å². The summed E-state index contributed by atoms with van der Waals surface area (Å²) >= 11 is 7.01. The molecule has 0 atom stereocenters. The fraction of sp³-hybridized carbons (Fsp3) is 0.0526. The van der Waals surface area contributed by atoms with Crippen LogP contribution in [0, 0.1) is 5.82 Å². The Bertz CT molecular complexity index is 1100. The van der Waals surface area contributed by atoms with Gasteiger partial charge in [0.2, 0.25) is 0 Å². The van der Waals surface area contributed by atoms with Crippen LogP contribution in [-0.4, -0.2) is 15.6 Å². The van der Waals surface area contributed by atoms with Crippen LogP contribution in [0.1, 0.15) is 5.56 Å². The number of amidine groups is 1. The van der Waals surface area contributed by atoms with Crippen molar-refractivity contribution in [2.45, 2.75) is 0 Å². The van der Waals surface area contributed by atoms with Crippen LogP contribution in [0.2, 0.25) is 5.02 Å². The number of carbonyl (C=O) groups excluding carboxylic acids is 1. The Morgan fingerprint density at radius 1 is 1.27 bits per heavy atom. The number of hydrogen-bond donors (Lipinski definition) is 1. The number of hydrogen-bond acceptors (Lipinski definition) is 3. The van der Waals surface area contributed by atoms with Gasteiger partial charge in [-0.25, -0.2) is 9.38 Å². The van der Waals surface area contributed by atoms with Gasteiger partial charge < -0.3 is 9.88 Å². The van der Waals surface area contributed by atoms with Crippen molar-refractivity contribution < 1.29 is 9.18 Å². The number of nitrogens with zero attached hydrogens (tertiary/aromatic N) is 2. The number of rotatable bonds is 2. The van der Waals surface area contributed by atoms with Gasteiger partial charge in [-0.15, -0.1) is 0 Å². The second-order valence-electron chi connectivity index (χ2n) is 5.79. The number of carbonyl (C=O) groups is 1. The summed E-state index contributed by atoms with van der Waals surface area (Å²) in [5.41, 5.74) is 2.54. The molecule has 3 aromatic rings. The first-order chi connectivity index (χ1) is 12.5. The molecule has 1 fully saturated rings. The molecule has 4 nitrogen and oxygen atoms in total. The van der Waals surface area contributed by atoms with Crippen LogP contribution < -0.4 is 5.32 Å². The molecule has 0 saturated carbocycles. The van der Waals surface area contributed by atoms with E-state index in [1.54, 1.807) is 0 Å². The Kier molecular flexibility index (Phi) is 4.30. The third kappa shape index (κ3) is 3.13. The molecule has 2 aromatic carbocycles. The average molecular weight is 386 g/mol. The van der Waals surface area contributed by atoms with E-state index in [4.69, 9.17) is 11.6 Å². The van der Waals surface area contributed by atoms with Gasteiger partial charge in [-0.3, -0.25) is 4.79 Å². The van der Waals surface area contributed by atoms with Crippen molar-refractivity contribution >= 4 is 57.1 Å². The molecular weight excluding hydrogens is 373 g/mol. The number of benzene rings is 2. The van der Waals surface area contributed by atoms with Gasteiger partial charge in [-0.1, -0.05) is 29.8 Å². The lowest BCUT2D eigenvalue weighted by molar-refractivity contribution is -0.115. The Hall–Kier alpha value is -2.57. The highest BCUT2D eigenvalue weighted by atomic mass is 35.5. The molecular formula is C19H13ClFN3OS. The van der Waals surface area contributed by atoms with E-state index in [1.807, 2.05) is 48.2 Å². The monoisotopic (exact) mass is 385 g/mol. The molecule has 2 heterocycles. The molecule has 0 spiro atoms. The first-order valence-corrected chi connectivity index (χ1v) is 8.99. The van der Waals surface area contributed by atoms with Gasteiger partial charge in [0.25, 0.3) is 5.91 Å². The number of amides is 1. The molecule has 1 saturated heterocycles. The lowest BCUT2D eigenvalue weighted by Crippen LogP contribution is -2.19. The van der Waals surface area contributed by atoms with Crippen LogP contribution in [0.25, 0.3) is 17.0 Å². The highest BCUT2D eigenvalue weighted by molar-refractivity contribution is 8.18. The molecule has 1 aromatic heterocycles. The van der Waals surface area contributed by atoms with Crippen molar-refractivity contribution in [2.24, 2.45) is 12.0 Å². The Balaban J connectivity index is 1.66. The SMILES string of the molecule is Cn1cc(C=C2SC(=Nc3ccc(F)c(Cl)c3)NC2=O)c2ccccc21. The van der Waals surface area contributed by atoms with Crippen LogP contribution in [0.5, 0.6) is 0 Å². The number of para-hydroxylation sites is 1. The molecule has 1 amide bonds. The van der Waals surface area contributed by atoms with Crippen LogP contribution >= 0.6 is 23.4 Å². The summed E-state index contributed by atoms with van der Waals surface area (Å²) in [6.07, 6.45) is 3.84. The summed E-state index contributed by atoms with van der Waals surface area (Å²) in [6.45, 7) is 0. The molecule has 0 unspecified atom stereocenters. The average Bonchev–Trinajstić information content (AvgIpc) is 3.12. The van der Waals surface area contributed by atoms with Crippen molar-refractivity contribution in [3.05, 3.63) is 70.0 Å². The lowest BCUT2D eigenvalue weighted by atomic mass is 10.1. The third-order valence-corrected chi connectivity index (χ3v) is 5.20. The van der Waals surface area contributed by atoms with E-state index in [0.29, 0.717) is 15.8 Å². The fourth-order valence-electron chi connectivity index (χ4n) is 2.78. The molecule has 1 aliphatic heterocycles. The molecule has 1 aliphatic rings. The van der Waals surface area contributed by atoms with Crippen LogP contribution in [-0.2, 0) is 11.8 Å². The van der Waals surface area contributed by atoms with Crippen molar-refractivity contribution in [1.29, 1.82) is 0 Å². The van der Waals surface area contributed by atoms with E-state index >= 15 is 0 Å². The van der Waals surface area contributed by atoms with E-state index < -0.39 is 5.82 Å². The van der Waals surface area contributed by atoms with Gasteiger partial charge in [0.1, 0.15) is 5.82 Å². The highest BCUT2D eigenvalue weighted by Gasteiger charge is 2.24. The van der Waals surface area contributed by atoms with E-state index in [-0.39, 0.29) is 10.9 Å². The zero-order valence-electron chi connectivity index (χ0n) is 13.7. The van der Waals surface area contributed by atoms with E-state index in [1.165, 1.54) is 30.0 Å². The zero-order chi connectivity index (χ0) is 18.3. The standard InChI is InChI=1S/C19H13ClFN3OS/c1-24-10-11(13-4-2-3-5-16(13)24)8-17-18(25)23-19(26-17)22-12-6-7-15(21)14(20)9-12/h2-10H,1H3,(H,22,23,25). The maximum atomic E-state index is 13.2. The van der Waals surface area contributed by atoms with Gasteiger partial charge in [-0.05, 0) is 42.1 Å². The molecule has 7 heteroatoms. The second-order valence-corrected chi connectivity index (χ2v) is 7.23. The number of aryl methyl sites for hydroxylation is 1.